The van der Waals surface area contributed by atoms with Crippen LogP contribution >= 0.6 is 11.6 Å². The minimum Gasteiger partial charge on any atom is -0.485 e. The van der Waals surface area contributed by atoms with Gasteiger partial charge in [0.05, 0.1) is 0 Å². The summed E-state index contributed by atoms with van der Waals surface area (Å²) in [5.41, 5.74) is 6.34. The number of nitrogens with two attached hydrogens (primary N) is 1. The molecule has 0 saturated heterocycles. The first-order valence-electron chi connectivity index (χ1n) is 4.52. The van der Waals surface area contributed by atoms with Gasteiger partial charge in [-0.05, 0) is 24.6 Å². The fourth-order valence-corrected chi connectivity index (χ4v) is 1.13. The van der Waals surface area contributed by atoms with Crippen molar-refractivity contribution in [3.63, 3.8) is 0 Å². The largest absolute Gasteiger partial charge is 0.485 e. The quantitative estimate of drug-likeness (QED) is 0.862. The van der Waals surface area contributed by atoms with Crippen LogP contribution in [-0.4, -0.2) is 6.61 Å². The van der Waals surface area contributed by atoms with Crippen LogP contribution in [0.3, 0.4) is 0 Å². The minimum absolute atomic E-state index is 0.0933. The predicted octanol–water partition coefficient (Wildman–Crippen LogP) is 2.98. The van der Waals surface area contributed by atoms with Crippen molar-refractivity contribution < 1.29 is 9.13 Å². The van der Waals surface area contributed by atoms with Crippen LogP contribution in [0.1, 0.15) is 18.5 Å². The molecule has 0 aliphatic heterocycles. The van der Waals surface area contributed by atoms with Gasteiger partial charge in [-0.25, -0.2) is 4.39 Å². The van der Waals surface area contributed by atoms with E-state index in [2.05, 4.69) is 6.58 Å². The summed E-state index contributed by atoms with van der Waals surface area (Å²) in [5, 5.41) is 0.325. The molecule has 2 N–H and O–H groups in total. The Balaban J connectivity index is 2.79. The highest BCUT2D eigenvalue weighted by Gasteiger charge is 2.07. The van der Waals surface area contributed by atoms with Crippen LogP contribution < -0.4 is 10.5 Å². The summed E-state index contributed by atoms with van der Waals surface area (Å²) in [6, 6.07) is 4.42. The Morgan fingerprint density at radius 1 is 1.67 bits per heavy atom. The number of rotatable bonds is 4. The van der Waals surface area contributed by atoms with Gasteiger partial charge >= 0.3 is 0 Å². The molecular weight excluding hydrogens is 217 g/mol. The van der Waals surface area contributed by atoms with Crippen molar-refractivity contribution in [3.05, 3.63) is 41.2 Å². The van der Waals surface area contributed by atoms with Crippen molar-refractivity contribution in [3.8, 4) is 5.75 Å². The second-order valence-corrected chi connectivity index (χ2v) is 3.82. The van der Waals surface area contributed by atoms with Crippen LogP contribution in [0.2, 0.25) is 0 Å². The molecule has 2 nitrogen and oxygen atoms in total. The third-order valence-corrected chi connectivity index (χ3v) is 1.98. The summed E-state index contributed by atoms with van der Waals surface area (Å²) >= 11 is 5.50. The van der Waals surface area contributed by atoms with Crippen molar-refractivity contribution in [1.82, 2.24) is 0 Å². The smallest absolute Gasteiger partial charge is 0.165 e. The number of hydrogen-bond donors (Lipinski definition) is 1. The van der Waals surface area contributed by atoms with Gasteiger partial charge < -0.3 is 10.5 Å². The third kappa shape index (κ3) is 3.53. The van der Waals surface area contributed by atoms with E-state index in [4.69, 9.17) is 22.1 Å². The molecule has 0 aliphatic carbocycles. The summed E-state index contributed by atoms with van der Waals surface area (Å²) in [6.45, 7) is 5.32. The van der Waals surface area contributed by atoms with Crippen LogP contribution in [0.5, 0.6) is 5.75 Å². The van der Waals surface area contributed by atoms with Gasteiger partial charge in [-0.2, -0.15) is 0 Å². The number of halogens is 2. The van der Waals surface area contributed by atoms with Gasteiger partial charge in [0.2, 0.25) is 0 Å². The van der Waals surface area contributed by atoms with Crippen LogP contribution in [0.15, 0.2) is 29.8 Å². The molecule has 0 unspecified atom stereocenters. The first-order chi connectivity index (χ1) is 7.00. The molecule has 0 spiro atoms. The molecule has 0 heterocycles. The van der Waals surface area contributed by atoms with Gasteiger partial charge in [0.25, 0.3) is 0 Å². The van der Waals surface area contributed by atoms with Crippen molar-refractivity contribution >= 4 is 11.6 Å². The molecule has 0 radical (unpaired) electrons. The molecular formula is C11H13ClFNO. The molecule has 0 aromatic heterocycles. The Hall–Kier alpha value is -1.06. The molecule has 1 atom stereocenters. The zero-order valence-electron chi connectivity index (χ0n) is 8.47. The Labute approximate surface area is 93.5 Å². The highest BCUT2D eigenvalue weighted by Crippen LogP contribution is 2.21. The summed E-state index contributed by atoms with van der Waals surface area (Å²) < 4.78 is 18.5. The molecule has 1 rings (SSSR count). The van der Waals surface area contributed by atoms with Gasteiger partial charge in [-0.15, -0.1) is 0 Å². The van der Waals surface area contributed by atoms with Crippen LogP contribution in [-0.2, 0) is 0 Å². The van der Waals surface area contributed by atoms with Crippen molar-refractivity contribution in [2.75, 3.05) is 6.61 Å². The SMILES string of the molecule is C=C(Cl)COc1ccc([C@H](C)N)cc1F. The Morgan fingerprint density at radius 3 is 2.80 bits per heavy atom. The Bertz CT molecular complexity index is 366. The van der Waals surface area contributed by atoms with E-state index in [1.54, 1.807) is 13.0 Å². The molecule has 0 bridgehead atoms. The molecule has 0 fully saturated rings. The average molecular weight is 230 g/mol. The molecule has 0 amide bonds. The lowest BCUT2D eigenvalue weighted by Gasteiger charge is -2.09. The van der Waals surface area contributed by atoms with Crippen molar-refractivity contribution in [2.24, 2.45) is 5.73 Å². The van der Waals surface area contributed by atoms with E-state index in [1.165, 1.54) is 12.1 Å². The zero-order chi connectivity index (χ0) is 11.4. The lowest BCUT2D eigenvalue weighted by molar-refractivity contribution is 0.338. The summed E-state index contributed by atoms with van der Waals surface area (Å²) in [4.78, 5) is 0. The van der Waals surface area contributed by atoms with E-state index in [0.717, 1.165) is 5.56 Å². The monoisotopic (exact) mass is 229 g/mol. The zero-order valence-corrected chi connectivity index (χ0v) is 9.22. The molecule has 82 valence electrons. The van der Waals surface area contributed by atoms with Gasteiger partial charge in [0.1, 0.15) is 6.61 Å². The maximum atomic E-state index is 13.4. The lowest BCUT2D eigenvalue weighted by Crippen LogP contribution is -2.06. The van der Waals surface area contributed by atoms with E-state index < -0.39 is 5.82 Å². The number of benzene rings is 1. The van der Waals surface area contributed by atoms with E-state index >= 15 is 0 Å². The average Bonchev–Trinajstić information content (AvgIpc) is 2.15. The van der Waals surface area contributed by atoms with Crippen molar-refractivity contribution in [1.29, 1.82) is 0 Å². The third-order valence-electron chi connectivity index (χ3n) is 1.87. The second-order valence-electron chi connectivity index (χ2n) is 3.28. The van der Waals surface area contributed by atoms with Crippen LogP contribution in [0.25, 0.3) is 0 Å². The summed E-state index contributed by atoms with van der Waals surface area (Å²) in [7, 11) is 0. The van der Waals surface area contributed by atoms with Crippen LogP contribution in [0, 0.1) is 5.82 Å². The number of ether oxygens (including phenoxy) is 1. The van der Waals surface area contributed by atoms with E-state index in [-0.39, 0.29) is 18.4 Å². The topological polar surface area (TPSA) is 35.2 Å². The molecule has 1 aromatic carbocycles. The standard InChI is InChI=1S/C11H13ClFNO/c1-7(12)6-15-11-4-3-9(8(2)14)5-10(11)13/h3-5,8H,1,6,14H2,2H3/t8-/m0/s1. The lowest BCUT2D eigenvalue weighted by atomic mass is 10.1. The fraction of sp³-hybridized carbons (Fsp3) is 0.273. The molecule has 1 aromatic rings. The molecule has 15 heavy (non-hydrogen) atoms. The normalized spacial score (nSPS) is 12.3. The van der Waals surface area contributed by atoms with Gasteiger partial charge in [-0.3, -0.25) is 0 Å². The second kappa shape index (κ2) is 5.14. The Morgan fingerprint density at radius 2 is 2.33 bits per heavy atom. The fourth-order valence-electron chi connectivity index (χ4n) is 1.07. The van der Waals surface area contributed by atoms with Gasteiger partial charge in [0, 0.05) is 11.1 Å². The summed E-state index contributed by atoms with van der Waals surface area (Å²) in [5.74, 6) is -0.288. The highest BCUT2D eigenvalue weighted by molar-refractivity contribution is 6.29. The maximum Gasteiger partial charge on any atom is 0.165 e. The summed E-state index contributed by atoms with van der Waals surface area (Å²) in [6.07, 6.45) is 0. The van der Waals surface area contributed by atoms with Crippen LogP contribution in [0.4, 0.5) is 4.39 Å². The van der Waals surface area contributed by atoms with Gasteiger partial charge in [0.15, 0.2) is 11.6 Å². The molecule has 0 saturated carbocycles. The first kappa shape index (κ1) is 12.0. The first-order valence-corrected chi connectivity index (χ1v) is 4.89. The van der Waals surface area contributed by atoms with E-state index in [0.29, 0.717) is 5.03 Å². The van der Waals surface area contributed by atoms with E-state index in [1.807, 2.05) is 0 Å². The highest BCUT2D eigenvalue weighted by atomic mass is 35.5. The maximum absolute atomic E-state index is 13.4. The molecule has 0 aliphatic rings. The number of hydrogen-bond acceptors (Lipinski definition) is 2. The minimum atomic E-state index is -0.442. The van der Waals surface area contributed by atoms with E-state index in [9.17, 15) is 4.39 Å². The molecule has 4 heteroatoms. The van der Waals surface area contributed by atoms with Crippen molar-refractivity contribution in [2.45, 2.75) is 13.0 Å². The predicted molar refractivity (Wildman–Crippen MR) is 59.5 cm³/mol. The van der Waals surface area contributed by atoms with Gasteiger partial charge in [-0.1, -0.05) is 24.2 Å². The Kier molecular flexibility index (Phi) is 4.12.